The van der Waals surface area contributed by atoms with Crippen molar-refractivity contribution in [3.63, 3.8) is 0 Å². The van der Waals surface area contributed by atoms with Gasteiger partial charge < -0.3 is 30.3 Å². The number of carbonyl (C=O) groups is 3. The van der Waals surface area contributed by atoms with Crippen LogP contribution < -0.4 is 15.4 Å². The molecule has 1 saturated carbocycles. The molecule has 0 unspecified atom stereocenters. The van der Waals surface area contributed by atoms with Gasteiger partial charge in [0.1, 0.15) is 11.9 Å². The maximum atomic E-state index is 13.3. The van der Waals surface area contributed by atoms with Crippen molar-refractivity contribution < 1.29 is 37.4 Å². The fraction of sp³-hybridized carbons (Fsp3) is 0.483. The van der Waals surface area contributed by atoms with E-state index in [4.69, 9.17) is 4.74 Å². The van der Waals surface area contributed by atoms with Crippen molar-refractivity contribution in [1.82, 2.24) is 9.80 Å². The molecule has 0 saturated heterocycles. The molecule has 0 radical (unpaired) electrons. The first-order valence-corrected chi connectivity index (χ1v) is 13.6. The van der Waals surface area contributed by atoms with Crippen molar-refractivity contribution in [2.24, 2.45) is 11.8 Å². The predicted molar refractivity (Wildman–Crippen MR) is 146 cm³/mol. The molecule has 0 spiro atoms. The number of likely N-dealkylation sites (N-methyl/N-ethyl adjacent to an activating group) is 1. The Labute approximate surface area is 236 Å². The van der Waals surface area contributed by atoms with Crippen LogP contribution in [-0.4, -0.2) is 71.6 Å². The molecule has 9 nitrogen and oxygen atoms in total. The molecule has 1 aliphatic heterocycles. The lowest BCUT2D eigenvalue weighted by Crippen LogP contribution is -2.48. The Balaban J connectivity index is 1.53. The van der Waals surface area contributed by atoms with Crippen LogP contribution in [0.3, 0.4) is 0 Å². The third kappa shape index (κ3) is 7.69. The maximum absolute atomic E-state index is 13.3. The smallest absolute Gasteiger partial charge is 0.416 e. The highest BCUT2D eigenvalue weighted by molar-refractivity contribution is 5.94. The Morgan fingerprint density at radius 2 is 1.78 bits per heavy atom. The molecule has 12 heteroatoms. The number of alkyl halides is 3. The fourth-order valence-electron chi connectivity index (χ4n) is 4.63. The lowest BCUT2D eigenvalue weighted by molar-refractivity contribution is -0.137. The average molecular weight is 577 g/mol. The van der Waals surface area contributed by atoms with Crippen LogP contribution in [0, 0.1) is 11.8 Å². The second-order valence-electron chi connectivity index (χ2n) is 10.9. The number of fused-ring (bicyclic) bond motifs is 1. The van der Waals surface area contributed by atoms with E-state index in [1.54, 1.807) is 37.1 Å². The van der Waals surface area contributed by atoms with Crippen LogP contribution in [0.4, 0.5) is 29.3 Å². The Bertz CT molecular complexity index is 1270. The molecular weight excluding hydrogens is 541 g/mol. The maximum Gasteiger partial charge on any atom is 0.416 e. The van der Waals surface area contributed by atoms with Crippen molar-refractivity contribution in [1.29, 1.82) is 0 Å². The monoisotopic (exact) mass is 576 g/mol. The number of carbonyl (C=O) groups excluding carboxylic acids is 3. The molecule has 3 N–H and O–H groups in total. The first kappa shape index (κ1) is 30.2. The first-order valence-electron chi connectivity index (χ1n) is 13.6. The Morgan fingerprint density at radius 1 is 1.12 bits per heavy atom. The summed E-state index contributed by atoms with van der Waals surface area (Å²) < 4.78 is 45.0. The Hall–Kier alpha value is -3.80. The van der Waals surface area contributed by atoms with Gasteiger partial charge in [-0.2, -0.15) is 13.2 Å². The molecule has 1 heterocycles. The van der Waals surface area contributed by atoms with Gasteiger partial charge in [-0.3, -0.25) is 9.59 Å². The Morgan fingerprint density at radius 3 is 2.39 bits per heavy atom. The van der Waals surface area contributed by atoms with E-state index in [1.807, 2.05) is 6.92 Å². The number of ether oxygens (including phenoxy) is 1. The van der Waals surface area contributed by atoms with Gasteiger partial charge in [0, 0.05) is 42.4 Å². The van der Waals surface area contributed by atoms with Crippen molar-refractivity contribution in [2.75, 3.05) is 37.4 Å². The molecule has 2 aromatic rings. The van der Waals surface area contributed by atoms with Crippen molar-refractivity contribution in [3.05, 3.63) is 53.6 Å². The minimum absolute atomic E-state index is 0.00347. The number of hydrogen-bond donors (Lipinski definition) is 3. The zero-order chi connectivity index (χ0) is 29.9. The largest absolute Gasteiger partial charge is 0.488 e. The summed E-state index contributed by atoms with van der Waals surface area (Å²) >= 11 is 0. The van der Waals surface area contributed by atoms with Crippen molar-refractivity contribution >= 4 is 29.2 Å². The van der Waals surface area contributed by atoms with Gasteiger partial charge in [-0.05, 0) is 62.2 Å². The summed E-state index contributed by atoms with van der Waals surface area (Å²) in [7, 11) is 1.54. The molecule has 0 bridgehead atoms. The number of aliphatic hydroxyl groups is 1. The van der Waals surface area contributed by atoms with Crippen molar-refractivity contribution in [2.45, 2.75) is 51.4 Å². The van der Waals surface area contributed by atoms with Crippen LogP contribution in [0.15, 0.2) is 42.5 Å². The van der Waals surface area contributed by atoms with E-state index in [2.05, 4.69) is 10.6 Å². The normalized spacial score (nSPS) is 20.1. The molecule has 2 aliphatic rings. The zero-order valence-electron chi connectivity index (χ0n) is 23.2. The number of hydrogen-bond acceptors (Lipinski definition) is 5. The summed E-state index contributed by atoms with van der Waals surface area (Å²) in [4.78, 5) is 41.5. The van der Waals surface area contributed by atoms with E-state index in [0.717, 1.165) is 25.0 Å². The van der Waals surface area contributed by atoms with Crippen LogP contribution >= 0.6 is 0 Å². The van der Waals surface area contributed by atoms with E-state index in [1.165, 1.54) is 17.0 Å². The summed E-state index contributed by atoms with van der Waals surface area (Å²) in [6.07, 6.45) is -3.36. The zero-order valence-corrected chi connectivity index (χ0v) is 23.2. The van der Waals surface area contributed by atoms with E-state index in [9.17, 15) is 32.7 Å². The summed E-state index contributed by atoms with van der Waals surface area (Å²) in [5.41, 5.74) is 0.505. The number of aliphatic hydroxyl groups excluding tert-OH is 1. The van der Waals surface area contributed by atoms with E-state index in [0.29, 0.717) is 17.0 Å². The number of amides is 4. The lowest BCUT2D eigenvalue weighted by atomic mass is 10.0. The van der Waals surface area contributed by atoms with Gasteiger partial charge in [0.25, 0.3) is 0 Å². The van der Waals surface area contributed by atoms with Crippen LogP contribution in [0.5, 0.6) is 5.75 Å². The van der Waals surface area contributed by atoms with Gasteiger partial charge in [-0.1, -0.05) is 6.92 Å². The molecule has 41 heavy (non-hydrogen) atoms. The van der Waals surface area contributed by atoms with E-state index >= 15 is 0 Å². The van der Waals surface area contributed by atoms with Gasteiger partial charge >= 0.3 is 12.2 Å². The van der Waals surface area contributed by atoms with Crippen molar-refractivity contribution in [3.8, 4) is 5.75 Å². The summed E-state index contributed by atoms with van der Waals surface area (Å²) in [6.45, 7) is 3.76. The van der Waals surface area contributed by atoms with Gasteiger partial charge in [0.15, 0.2) is 0 Å². The number of nitrogens with zero attached hydrogens (tertiary/aromatic N) is 2. The Kier molecular flexibility index (Phi) is 9.11. The highest BCUT2D eigenvalue weighted by Crippen LogP contribution is 2.33. The number of anilines is 2. The molecule has 1 aliphatic carbocycles. The number of urea groups is 1. The minimum Gasteiger partial charge on any atom is -0.488 e. The summed E-state index contributed by atoms with van der Waals surface area (Å²) in [6, 6.07) is 8.27. The summed E-state index contributed by atoms with van der Waals surface area (Å²) in [5, 5.41) is 15.3. The second kappa shape index (κ2) is 12.4. The third-order valence-corrected chi connectivity index (χ3v) is 7.40. The van der Waals surface area contributed by atoms with Gasteiger partial charge in [-0.15, -0.1) is 0 Å². The van der Waals surface area contributed by atoms with Crippen LogP contribution in [0.1, 0.15) is 37.8 Å². The molecule has 222 valence electrons. The molecule has 4 rings (SSSR count). The quantitative estimate of drug-likeness (QED) is 0.454. The fourth-order valence-corrected chi connectivity index (χ4v) is 4.63. The molecule has 0 aromatic heterocycles. The predicted octanol–water partition coefficient (Wildman–Crippen LogP) is 4.37. The van der Waals surface area contributed by atoms with Crippen LogP contribution in [0.25, 0.3) is 0 Å². The molecule has 1 fully saturated rings. The standard InChI is InChI=1S/C29H35F3N4O5/c1-17-14-36(18(2)16-37)26(38)13-20-12-23(33-27(39)19-4-5-19)10-11-24(20)41-25(17)15-35(3)28(40)34-22-8-6-21(7-9-22)29(30,31)32/h6-12,17-19,25,37H,4-5,13-16H2,1-3H3,(H,33,39)(H,34,40)/t17-,18+,25-/m1/s1. The molecule has 3 atom stereocenters. The van der Waals surface area contributed by atoms with Crippen LogP contribution in [0.2, 0.25) is 0 Å². The van der Waals surface area contributed by atoms with Gasteiger partial charge in [-0.25, -0.2) is 4.79 Å². The number of benzene rings is 2. The second-order valence-corrected chi connectivity index (χ2v) is 10.9. The van der Waals surface area contributed by atoms with E-state index < -0.39 is 29.9 Å². The highest BCUT2D eigenvalue weighted by Gasteiger charge is 2.33. The average Bonchev–Trinajstić information content (AvgIpc) is 3.77. The first-order chi connectivity index (χ1) is 19.3. The highest BCUT2D eigenvalue weighted by atomic mass is 19.4. The molecular formula is C29H35F3N4O5. The molecule has 4 amide bonds. The van der Waals surface area contributed by atoms with Crippen LogP contribution in [-0.2, 0) is 22.2 Å². The number of nitrogens with one attached hydrogen (secondary N) is 2. The third-order valence-electron chi connectivity index (χ3n) is 7.40. The van der Waals surface area contributed by atoms with E-state index in [-0.39, 0.29) is 55.5 Å². The number of halogens is 3. The number of rotatable bonds is 7. The summed E-state index contributed by atoms with van der Waals surface area (Å²) in [5.74, 6) is -0.0939. The van der Waals surface area contributed by atoms with Gasteiger partial charge in [0.2, 0.25) is 11.8 Å². The topological polar surface area (TPSA) is 111 Å². The molecule has 2 aromatic carbocycles. The minimum atomic E-state index is -4.48. The van der Waals surface area contributed by atoms with Gasteiger partial charge in [0.05, 0.1) is 31.2 Å². The lowest BCUT2D eigenvalue weighted by Gasteiger charge is -2.34. The SMILES string of the molecule is C[C@@H]1CN([C@@H](C)CO)C(=O)Cc2cc(NC(=O)C3CC3)ccc2O[C@@H]1CN(C)C(=O)Nc1ccc(C(F)(F)F)cc1.